The molecule has 1 amide bonds. The lowest BCUT2D eigenvalue weighted by Crippen LogP contribution is -2.21. The fourth-order valence-electron chi connectivity index (χ4n) is 3.30. The van der Waals surface area contributed by atoms with Gasteiger partial charge < -0.3 is 9.30 Å². The van der Waals surface area contributed by atoms with E-state index in [4.69, 9.17) is 9.72 Å². The maximum Gasteiger partial charge on any atom is 0.250 e. The van der Waals surface area contributed by atoms with Gasteiger partial charge in [-0.3, -0.25) is 4.79 Å². The Balaban J connectivity index is 1.45. The quantitative estimate of drug-likeness (QED) is 0.242. The topological polar surface area (TPSA) is 68.5 Å². The zero-order valence-corrected chi connectivity index (χ0v) is 18.8. The monoisotopic (exact) mass is 444 g/mol. The van der Waals surface area contributed by atoms with Crippen molar-refractivity contribution in [2.45, 2.75) is 18.6 Å². The van der Waals surface area contributed by atoms with E-state index in [1.165, 1.54) is 17.3 Å². The van der Waals surface area contributed by atoms with E-state index in [2.05, 4.69) is 33.3 Å². The summed E-state index contributed by atoms with van der Waals surface area (Å²) in [5, 5.41) is 5.04. The predicted octanol–water partition coefficient (Wildman–Crippen LogP) is 4.73. The van der Waals surface area contributed by atoms with E-state index < -0.39 is 0 Å². The normalized spacial score (nSPS) is 11.5. The average Bonchev–Trinajstić information content (AvgIpc) is 3.19. The lowest BCUT2D eigenvalue weighted by molar-refractivity contribution is -0.118. The fraction of sp³-hybridized carbons (Fsp3) is 0.160. The van der Waals surface area contributed by atoms with Crippen LogP contribution in [0.2, 0.25) is 0 Å². The third-order valence-electron chi connectivity index (χ3n) is 4.97. The van der Waals surface area contributed by atoms with Crippen molar-refractivity contribution in [3.63, 3.8) is 0 Å². The zero-order chi connectivity index (χ0) is 22.3. The van der Waals surface area contributed by atoms with E-state index >= 15 is 0 Å². The number of carbonyl (C=O) groups is 1. The van der Waals surface area contributed by atoms with Crippen molar-refractivity contribution in [3.8, 4) is 5.75 Å². The smallest absolute Gasteiger partial charge is 0.250 e. The first kappa shape index (κ1) is 21.6. The fourth-order valence-corrected chi connectivity index (χ4v) is 4.11. The molecule has 1 N–H and O–H groups in total. The van der Waals surface area contributed by atoms with Crippen LogP contribution in [0.5, 0.6) is 5.75 Å². The summed E-state index contributed by atoms with van der Waals surface area (Å²) in [6, 6.07) is 25.8. The van der Waals surface area contributed by atoms with Gasteiger partial charge in [-0.05, 0) is 36.8 Å². The van der Waals surface area contributed by atoms with Crippen molar-refractivity contribution in [3.05, 3.63) is 90.0 Å². The molecule has 1 heterocycles. The molecule has 162 valence electrons. The third kappa shape index (κ3) is 5.18. The molecule has 0 aliphatic heterocycles. The molecule has 0 aliphatic carbocycles. The number of fused-ring (bicyclic) bond motifs is 1. The molecule has 0 spiro atoms. The van der Waals surface area contributed by atoms with E-state index in [1.54, 1.807) is 7.11 Å². The Morgan fingerprint density at radius 2 is 1.84 bits per heavy atom. The SMILES string of the molecule is COc1cccc(/C(C)=N\NC(=O)CSc2nc3ccccc3n2Cc2ccccc2)c1. The first-order valence-electron chi connectivity index (χ1n) is 10.2. The molecule has 0 bridgehead atoms. The van der Waals surface area contributed by atoms with Crippen molar-refractivity contribution >= 4 is 34.4 Å². The standard InChI is InChI=1S/C25H24N4O2S/c1-18(20-11-8-12-21(15-20)31-2)27-28-24(30)17-32-25-26-22-13-6-7-14-23(22)29(25)16-19-9-4-3-5-10-19/h3-15H,16-17H2,1-2H3,(H,28,30)/b27-18-. The van der Waals surface area contributed by atoms with Gasteiger partial charge in [0, 0.05) is 5.56 Å². The van der Waals surface area contributed by atoms with E-state index in [9.17, 15) is 4.79 Å². The summed E-state index contributed by atoms with van der Waals surface area (Å²) < 4.78 is 7.39. The molecule has 6 nitrogen and oxygen atoms in total. The highest BCUT2D eigenvalue weighted by atomic mass is 32.2. The van der Waals surface area contributed by atoms with E-state index in [1.807, 2.05) is 67.6 Å². The molecule has 4 rings (SSSR count). The second-order valence-corrected chi connectivity index (χ2v) is 8.15. The molecular weight excluding hydrogens is 420 g/mol. The van der Waals surface area contributed by atoms with Gasteiger partial charge in [-0.25, -0.2) is 10.4 Å². The molecule has 7 heteroatoms. The maximum atomic E-state index is 12.5. The molecular formula is C25H24N4O2S. The number of nitrogens with zero attached hydrogens (tertiary/aromatic N) is 3. The molecule has 0 atom stereocenters. The minimum atomic E-state index is -0.185. The second kappa shape index (κ2) is 10.2. The van der Waals surface area contributed by atoms with Crippen LogP contribution in [0.15, 0.2) is 89.1 Å². The predicted molar refractivity (Wildman–Crippen MR) is 129 cm³/mol. The Morgan fingerprint density at radius 1 is 1.06 bits per heavy atom. The number of hydrazone groups is 1. The van der Waals surface area contributed by atoms with E-state index in [0.29, 0.717) is 12.3 Å². The highest BCUT2D eigenvalue weighted by Gasteiger charge is 2.13. The van der Waals surface area contributed by atoms with E-state index in [0.717, 1.165) is 27.5 Å². The summed E-state index contributed by atoms with van der Waals surface area (Å²) in [5.74, 6) is 0.777. The van der Waals surface area contributed by atoms with Gasteiger partial charge in [0.15, 0.2) is 5.16 Å². The summed E-state index contributed by atoms with van der Waals surface area (Å²) in [5.41, 5.74) is 7.38. The van der Waals surface area contributed by atoms with Crippen LogP contribution < -0.4 is 10.2 Å². The van der Waals surface area contributed by atoms with Gasteiger partial charge in [0.1, 0.15) is 5.75 Å². The van der Waals surface area contributed by atoms with Crippen LogP contribution in [0.25, 0.3) is 11.0 Å². The van der Waals surface area contributed by atoms with Crippen LogP contribution in [-0.2, 0) is 11.3 Å². The first-order chi connectivity index (χ1) is 15.6. The lowest BCUT2D eigenvalue weighted by atomic mass is 10.1. The number of thioether (sulfide) groups is 1. The zero-order valence-electron chi connectivity index (χ0n) is 18.0. The number of methoxy groups -OCH3 is 1. The number of hydrogen-bond acceptors (Lipinski definition) is 5. The van der Waals surface area contributed by atoms with Crippen molar-refractivity contribution in [2.24, 2.45) is 5.10 Å². The summed E-state index contributed by atoms with van der Waals surface area (Å²) in [6.45, 7) is 2.54. The molecule has 0 saturated carbocycles. The van der Waals surface area contributed by atoms with Gasteiger partial charge in [-0.2, -0.15) is 5.10 Å². The van der Waals surface area contributed by atoms with Gasteiger partial charge in [-0.15, -0.1) is 0 Å². The molecule has 4 aromatic rings. The molecule has 32 heavy (non-hydrogen) atoms. The average molecular weight is 445 g/mol. The number of benzene rings is 3. The van der Waals surface area contributed by atoms with Crippen molar-refractivity contribution in [1.29, 1.82) is 0 Å². The maximum absolute atomic E-state index is 12.5. The molecule has 0 fully saturated rings. The number of amides is 1. The van der Waals surface area contributed by atoms with Crippen molar-refractivity contribution in [1.82, 2.24) is 15.0 Å². The van der Waals surface area contributed by atoms with Crippen LogP contribution in [-0.4, -0.2) is 34.0 Å². The Kier molecular flexibility index (Phi) is 6.87. The van der Waals surface area contributed by atoms with Crippen LogP contribution in [0, 0.1) is 0 Å². The first-order valence-corrected chi connectivity index (χ1v) is 11.2. The number of rotatable bonds is 8. The van der Waals surface area contributed by atoms with Crippen LogP contribution in [0.3, 0.4) is 0 Å². The minimum Gasteiger partial charge on any atom is -0.497 e. The Hall–Kier alpha value is -3.58. The number of nitrogens with one attached hydrogen (secondary N) is 1. The summed E-state index contributed by atoms with van der Waals surface area (Å²) in [6.07, 6.45) is 0. The highest BCUT2D eigenvalue weighted by Crippen LogP contribution is 2.25. The van der Waals surface area contributed by atoms with Gasteiger partial charge in [0.05, 0.1) is 36.2 Å². The molecule has 3 aromatic carbocycles. The Morgan fingerprint density at radius 3 is 2.66 bits per heavy atom. The summed E-state index contributed by atoms with van der Waals surface area (Å²) >= 11 is 1.40. The van der Waals surface area contributed by atoms with Crippen LogP contribution in [0.1, 0.15) is 18.1 Å². The largest absolute Gasteiger partial charge is 0.497 e. The Labute approximate surface area is 191 Å². The number of ether oxygens (including phenoxy) is 1. The summed E-state index contributed by atoms with van der Waals surface area (Å²) in [7, 11) is 1.62. The molecule has 0 saturated heterocycles. The molecule has 0 aliphatic rings. The molecule has 1 aromatic heterocycles. The minimum absolute atomic E-state index is 0.185. The highest BCUT2D eigenvalue weighted by molar-refractivity contribution is 7.99. The van der Waals surface area contributed by atoms with E-state index in [-0.39, 0.29) is 11.7 Å². The summed E-state index contributed by atoms with van der Waals surface area (Å²) in [4.78, 5) is 17.2. The van der Waals surface area contributed by atoms with Crippen LogP contribution in [0.4, 0.5) is 0 Å². The van der Waals surface area contributed by atoms with Gasteiger partial charge in [0.25, 0.3) is 5.91 Å². The third-order valence-corrected chi connectivity index (χ3v) is 5.95. The number of aromatic nitrogens is 2. The molecule has 0 unspecified atom stereocenters. The number of imidazole rings is 1. The van der Waals surface area contributed by atoms with Crippen LogP contribution >= 0.6 is 11.8 Å². The van der Waals surface area contributed by atoms with Crippen molar-refractivity contribution < 1.29 is 9.53 Å². The van der Waals surface area contributed by atoms with Crippen molar-refractivity contribution in [2.75, 3.05) is 12.9 Å². The second-order valence-electron chi connectivity index (χ2n) is 7.21. The van der Waals surface area contributed by atoms with Gasteiger partial charge >= 0.3 is 0 Å². The van der Waals surface area contributed by atoms with Gasteiger partial charge in [-0.1, -0.05) is 66.4 Å². The Bertz CT molecular complexity index is 1250. The van der Waals surface area contributed by atoms with Gasteiger partial charge in [0.2, 0.25) is 0 Å². The number of para-hydroxylation sites is 2. The molecule has 0 radical (unpaired) electrons. The number of carbonyl (C=O) groups excluding carboxylic acids is 1. The number of hydrogen-bond donors (Lipinski definition) is 1. The lowest BCUT2D eigenvalue weighted by Gasteiger charge is -2.09.